The summed E-state index contributed by atoms with van der Waals surface area (Å²) in [7, 11) is 3.97. The van der Waals surface area contributed by atoms with Gasteiger partial charge < -0.3 is 19.7 Å². The minimum atomic E-state index is -1.02. The molecule has 0 radical (unpaired) electrons. The second kappa shape index (κ2) is 6.17. The second-order valence-corrected chi connectivity index (χ2v) is 6.75. The molecule has 21 heavy (non-hydrogen) atoms. The Hall–Kier alpha value is -1.37. The van der Waals surface area contributed by atoms with E-state index in [1.54, 1.807) is 18.3 Å². The summed E-state index contributed by atoms with van der Waals surface area (Å²) in [4.78, 5) is 7.70. The minimum Gasteiger partial charge on any atom is -0.463 e. The average Bonchev–Trinajstić information content (AvgIpc) is 2.97. The van der Waals surface area contributed by atoms with E-state index >= 15 is 0 Å². The Bertz CT molecular complexity index is 602. The molecule has 1 atom stereocenters. The number of aryl methyl sites for hydroxylation is 2. The van der Waals surface area contributed by atoms with Crippen LogP contribution in [-0.2, 0) is 12.1 Å². The van der Waals surface area contributed by atoms with E-state index < -0.39 is 5.60 Å². The van der Waals surface area contributed by atoms with Gasteiger partial charge in [0.15, 0.2) is 5.13 Å². The number of nitrogens with zero attached hydrogens (tertiary/aromatic N) is 2. The number of hydrogen-bond donors (Lipinski definition) is 2. The molecule has 0 aromatic carbocycles. The normalized spacial score (nSPS) is 14.2. The predicted molar refractivity (Wildman–Crippen MR) is 85.9 cm³/mol. The molecule has 0 saturated carbocycles. The topological polar surface area (TPSA) is 61.5 Å². The fourth-order valence-corrected chi connectivity index (χ4v) is 2.95. The standard InChI is InChI=1S/C15H23N3O2S/c1-10-6-7-13(20-10)15(3,19)9-16-8-12-11(2)17-14(21-12)18(4)5/h6-7,16,19H,8-9H2,1-5H3. The van der Waals surface area contributed by atoms with Crippen LogP contribution in [-0.4, -0.2) is 30.7 Å². The summed E-state index contributed by atoms with van der Waals surface area (Å²) in [5.41, 5.74) is 0.0155. The molecule has 0 saturated heterocycles. The van der Waals surface area contributed by atoms with E-state index in [1.165, 1.54) is 4.88 Å². The Morgan fingerprint density at radius 3 is 2.62 bits per heavy atom. The molecule has 0 aliphatic heterocycles. The third-order valence-electron chi connectivity index (χ3n) is 3.29. The first kappa shape index (κ1) is 16.0. The fraction of sp³-hybridized carbons (Fsp3) is 0.533. The van der Waals surface area contributed by atoms with Crippen molar-refractivity contribution < 1.29 is 9.52 Å². The van der Waals surface area contributed by atoms with E-state index in [1.807, 2.05) is 45.0 Å². The smallest absolute Gasteiger partial charge is 0.185 e. The molecule has 0 spiro atoms. The maximum absolute atomic E-state index is 10.5. The third kappa shape index (κ3) is 3.84. The molecule has 1 unspecified atom stereocenters. The van der Waals surface area contributed by atoms with E-state index in [2.05, 4.69) is 10.3 Å². The van der Waals surface area contributed by atoms with Gasteiger partial charge in [-0.15, -0.1) is 11.3 Å². The Labute approximate surface area is 129 Å². The Morgan fingerprint density at radius 1 is 1.38 bits per heavy atom. The largest absolute Gasteiger partial charge is 0.463 e. The molecule has 6 heteroatoms. The van der Waals surface area contributed by atoms with Crippen molar-refractivity contribution in [1.29, 1.82) is 0 Å². The number of aliphatic hydroxyl groups is 1. The van der Waals surface area contributed by atoms with Crippen molar-refractivity contribution in [2.24, 2.45) is 0 Å². The number of furan rings is 1. The van der Waals surface area contributed by atoms with E-state index in [4.69, 9.17) is 4.42 Å². The van der Waals surface area contributed by atoms with Crippen LogP contribution in [0.2, 0.25) is 0 Å². The number of anilines is 1. The van der Waals surface area contributed by atoms with Gasteiger partial charge in [0.25, 0.3) is 0 Å². The molecule has 2 N–H and O–H groups in total. The van der Waals surface area contributed by atoms with Gasteiger partial charge in [0.2, 0.25) is 0 Å². The minimum absolute atomic E-state index is 0.425. The van der Waals surface area contributed by atoms with Gasteiger partial charge in [0.05, 0.1) is 5.69 Å². The summed E-state index contributed by atoms with van der Waals surface area (Å²) in [5.74, 6) is 1.39. The molecule has 116 valence electrons. The lowest BCUT2D eigenvalue weighted by atomic mass is 10.0. The van der Waals surface area contributed by atoms with Crippen molar-refractivity contribution in [1.82, 2.24) is 10.3 Å². The lowest BCUT2D eigenvalue weighted by molar-refractivity contribution is 0.0333. The van der Waals surface area contributed by atoms with Crippen molar-refractivity contribution in [3.05, 3.63) is 34.2 Å². The first-order valence-corrected chi connectivity index (χ1v) is 7.75. The van der Waals surface area contributed by atoms with Crippen LogP contribution >= 0.6 is 11.3 Å². The molecule has 5 nitrogen and oxygen atoms in total. The molecule has 0 amide bonds. The van der Waals surface area contributed by atoms with Gasteiger partial charge in [0, 0.05) is 32.1 Å². The number of rotatable bonds is 6. The Balaban J connectivity index is 1.95. The molecule has 0 fully saturated rings. The van der Waals surface area contributed by atoms with Crippen LogP contribution in [0.4, 0.5) is 5.13 Å². The lowest BCUT2D eigenvalue weighted by Gasteiger charge is -2.21. The highest BCUT2D eigenvalue weighted by atomic mass is 32.1. The van der Waals surface area contributed by atoms with Crippen molar-refractivity contribution in [2.45, 2.75) is 32.9 Å². The summed E-state index contributed by atoms with van der Waals surface area (Å²) >= 11 is 1.67. The SMILES string of the molecule is Cc1ccc(C(C)(O)CNCc2sc(N(C)C)nc2C)o1. The molecule has 0 aliphatic rings. The molecule has 2 heterocycles. The fourth-order valence-electron chi connectivity index (χ4n) is 2.00. The maximum Gasteiger partial charge on any atom is 0.185 e. The zero-order chi connectivity index (χ0) is 15.6. The van der Waals surface area contributed by atoms with Crippen LogP contribution in [0.5, 0.6) is 0 Å². The molecule has 0 bridgehead atoms. The van der Waals surface area contributed by atoms with Gasteiger partial charge in [-0.2, -0.15) is 0 Å². The quantitative estimate of drug-likeness (QED) is 0.858. The van der Waals surface area contributed by atoms with Gasteiger partial charge in [0.1, 0.15) is 17.1 Å². The van der Waals surface area contributed by atoms with Crippen LogP contribution in [0.1, 0.15) is 29.0 Å². The van der Waals surface area contributed by atoms with Crippen LogP contribution in [0.25, 0.3) is 0 Å². The monoisotopic (exact) mass is 309 g/mol. The zero-order valence-electron chi connectivity index (χ0n) is 13.2. The average molecular weight is 309 g/mol. The molecule has 0 aliphatic carbocycles. The first-order valence-electron chi connectivity index (χ1n) is 6.93. The van der Waals surface area contributed by atoms with Gasteiger partial charge >= 0.3 is 0 Å². The summed E-state index contributed by atoms with van der Waals surface area (Å²) in [6, 6.07) is 3.68. The van der Waals surface area contributed by atoms with Gasteiger partial charge in [-0.05, 0) is 32.9 Å². The van der Waals surface area contributed by atoms with Crippen LogP contribution < -0.4 is 10.2 Å². The highest BCUT2D eigenvalue weighted by molar-refractivity contribution is 7.15. The molecule has 2 rings (SSSR count). The van der Waals surface area contributed by atoms with E-state index in [0.29, 0.717) is 18.8 Å². The van der Waals surface area contributed by atoms with E-state index in [0.717, 1.165) is 16.6 Å². The van der Waals surface area contributed by atoms with Gasteiger partial charge in [-0.3, -0.25) is 0 Å². The van der Waals surface area contributed by atoms with Crippen molar-refractivity contribution >= 4 is 16.5 Å². The number of hydrogen-bond acceptors (Lipinski definition) is 6. The molecule has 2 aromatic rings. The maximum atomic E-state index is 10.5. The van der Waals surface area contributed by atoms with Crippen molar-refractivity contribution in [2.75, 3.05) is 25.5 Å². The highest BCUT2D eigenvalue weighted by Crippen LogP contribution is 2.25. The molecular weight excluding hydrogens is 286 g/mol. The van der Waals surface area contributed by atoms with Gasteiger partial charge in [-0.1, -0.05) is 0 Å². The van der Waals surface area contributed by atoms with E-state index in [-0.39, 0.29) is 0 Å². The number of aromatic nitrogens is 1. The second-order valence-electron chi connectivity index (χ2n) is 5.69. The molecule has 2 aromatic heterocycles. The van der Waals surface area contributed by atoms with Crippen LogP contribution in [0.3, 0.4) is 0 Å². The Kier molecular flexibility index (Phi) is 4.70. The van der Waals surface area contributed by atoms with Crippen LogP contribution in [0, 0.1) is 13.8 Å². The summed E-state index contributed by atoms with van der Waals surface area (Å²) in [6.45, 7) is 6.75. The number of thiazole rings is 1. The predicted octanol–water partition coefficient (Wildman–Crippen LogP) is 2.42. The van der Waals surface area contributed by atoms with Crippen LogP contribution in [0.15, 0.2) is 16.5 Å². The Morgan fingerprint density at radius 2 is 2.10 bits per heavy atom. The van der Waals surface area contributed by atoms with Gasteiger partial charge in [-0.25, -0.2) is 4.98 Å². The third-order valence-corrected chi connectivity index (χ3v) is 4.62. The zero-order valence-corrected chi connectivity index (χ0v) is 14.0. The molecular formula is C15H23N3O2S. The summed E-state index contributed by atoms with van der Waals surface area (Å²) in [6.07, 6.45) is 0. The van der Waals surface area contributed by atoms with Crippen molar-refractivity contribution in [3.63, 3.8) is 0 Å². The highest BCUT2D eigenvalue weighted by Gasteiger charge is 2.26. The lowest BCUT2D eigenvalue weighted by Crippen LogP contribution is -2.34. The summed E-state index contributed by atoms with van der Waals surface area (Å²) < 4.78 is 5.50. The van der Waals surface area contributed by atoms with Crippen molar-refractivity contribution in [3.8, 4) is 0 Å². The first-order chi connectivity index (χ1) is 9.79. The number of nitrogens with one attached hydrogen (secondary N) is 1. The summed E-state index contributed by atoms with van der Waals surface area (Å²) in [5, 5.41) is 14.7. The van der Waals surface area contributed by atoms with E-state index in [9.17, 15) is 5.11 Å².